The normalized spacial score (nSPS) is 18.4. The van der Waals surface area contributed by atoms with E-state index in [1.807, 2.05) is 33.7 Å². The van der Waals surface area contributed by atoms with Crippen molar-refractivity contribution in [1.82, 2.24) is 0 Å². The Bertz CT molecular complexity index is 473. The van der Waals surface area contributed by atoms with E-state index in [1.54, 1.807) is 0 Å². The quantitative estimate of drug-likeness (QED) is 0.538. The van der Waals surface area contributed by atoms with Crippen LogP contribution < -0.4 is 5.32 Å². The number of unbranched alkanes of at least 4 members (excludes halogenated alkanes) is 1. The molecule has 1 aromatic rings. The van der Waals surface area contributed by atoms with E-state index in [4.69, 9.17) is 0 Å². The Morgan fingerprint density at radius 1 is 1.23 bits per heavy atom. The molecular formula is C18H27NOS2. The number of nitrogens with one attached hydrogen (secondary N) is 1. The average molecular weight is 338 g/mol. The molecule has 0 aliphatic carbocycles. The predicted molar refractivity (Wildman–Crippen MR) is 101 cm³/mol. The summed E-state index contributed by atoms with van der Waals surface area (Å²) in [5.41, 5.74) is 2.34. The van der Waals surface area contributed by atoms with Crippen molar-refractivity contribution in [3.05, 3.63) is 29.8 Å². The van der Waals surface area contributed by atoms with Gasteiger partial charge in [-0.2, -0.15) is 0 Å². The third-order valence-electron chi connectivity index (χ3n) is 3.94. The summed E-state index contributed by atoms with van der Waals surface area (Å²) in [5.74, 6) is 1.43. The van der Waals surface area contributed by atoms with Gasteiger partial charge >= 0.3 is 0 Å². The molecule has 1 aliphatic heterocycles. The number of anilines is 1. The van der Waals surface area contributed by atoms with Crippen LogP contribution in [0.15, 0.2) is 24.3 Å². The highest BCUT2D eigenvalue weighted by Crippen LogP contribution is 2.39. The molecule has 1 aromatic carbocycles. The van der Waals surface area contributed by atoms with Gasteiger partial charge < -0.3 is 5.32 Å². The maximum absolute atomic E-state index is 12.0. The van der Waals surface area contributed by atoms with Crippen molar-refractivity contribution in [2.75, 3.05) is 11.1 Å². The monoisotopic (exact) mass is 337 g/mol. The van der Waals surface area contributed by atoms with Crippen LogP contribution in [-0.4, -0.2) is 16.9 Å². The second kappa shape index (κ2) is 8.30. The second-order valence-corrected chi connectivity index (χ2v) is 9.74. The van der Waals surface area contributed by atoms with Gasteiger partial charge in [0.25, 0.3) is 0 Å². The minimum Gasteiger partial charge on any atom is -0.326 e. The highest BCUT2D eigenvalue weighted by molar-refractivity contribution is 8.77. The van der Waals surface area contributed by atoms with E-state index in [2.05, 4.69) is 38.2 Å². The molecule has 0 aromatic heterocycles. The molecule has 0 saturated carbocycles. The molecule has 1 fully saturated rings. The van der Waals surface area contributed by atoms with Crippen LogP contribution in [0.4, 0.5) is 5.69 Å². The third-order valence-corrected chi connectivity index (χ3v) is 6.95. The summed E-state index contributed by atoms with van der Waals surface area (Å²) in [4.78, 5) is 12.0. The predicted octanol–water partition coefficient (Wildman–Crippen LogP) is 5.64. The lowest BCUT2D eigenvalue weighted by molar-refractivity contribution is -0.116. The van der Waals surface area contributed by atoms with Gasteiger partial charge in [0, 0.05) is 23.1 Å². The molecule has 1 saturated heterocycles. The van der Waals surface area contributed by atoms with Gasteiger partial charge in [0.1, 0.15) is 0 Å². The molecule has 2 nitrogen and oxygen atoms in total. The van der Waals surface area contributed by atoms with Crippen molar-refractivity contribution in [3.8, 4) is 0 Å². The average Bonchev–Trinajstić information content (AvgIpc) is 2.96. The molecule has 0 bridgehead atoms. The highest BCUT2D eigenvalue weighted by atomic mass is 33.1. The number of hydrogen-bond acceptors (Lipinski definition) is 3. The Morgan fingerprint density at radius 2 is 1.95 bits per heavy atom. The molecule has 1 heterocycles. The zero-order valence-electron chi connectivity index (χ0n) is 13.9. The van der Waals surface area contributed by atoms with E-state index < -0.39 is 0 Å². The van der Waals surface area contributed by atoms with Gasteiger partial charge in [-0.25, -0.2) is 0 Å². The first-order valence-corrected chi connectivity index (χ1v) is 10.5. The zero-order chi connectivity index (χ0) is 16.0. The lowest BCUT2D eigenvalue weighted by Crippen LogP contribution is -2.13. The van der Waals surface area contributed by atoms with Gasteiger partial charge in [0.2, 0.25) is 5.91 Å². The standard InChI is InChI=1S/C18H27NOS2/c1-18(2,3)14-8-10-15(11-9-14)19-17(20)7-5-4-6-16-12-13-21-22-16/h8-11,16H,4-7,12-13H2,1-3H3,(H,19,20). The molecule has 22 heavy (non-hydrogen) atoms. The van der Waals surface area contributed by atoms with Crippen molar-refractivity contribution in [3.63, 3.8) is 0 Å². The fraction of sp³-hybridized carbons (Fsp3) is 0.611. The Morgan fingerprint density at radius 3 is 2.55 bits per heavy atom. The lowest BCUT2D eigenvalue weighted by atomic mass is 9.87. The fourth-order valence-electron chi connectivity index (χ4n) is 2.50. The Hall–Kier alpha value is -0.610. The van der Waals surface area contributed by atoms with E-state index in [1.165, 1.54) is 24.2 Å². The molecule has 0 spiro atoms. The van der Waals surface area contributed by atoms with E-state index in [-0.39, 0.29) is 11.3 Å². The molecule has 4 heteroatoms. The largest absolute Gasteiger partial charge is 0.326 e. The van der Waals surface area contributed by atoms with Crippen molar-refractivity contribution < 1.29 is 4.79 Å². The molecule has 1 unspecified atom stereocenters. The summed E-state index contributed by atoms with van der Waals surface area (Å²) in [6.45, 7) is 6.59. The van der Waals surface area contributed by atoms with Gasteiger partial charge in [0.15, 0.2) is 0 Å². The molecule has 0 radical (unpaired) electrons. The molecule has 1 atom stereocenters. The van der Waals surface area contributed by atoms with Crippen molar-refractivity contribution in [2.24, 2.45) is 0 Å². The number of carbonyl (C=O) groups is 1. The third kappa shape index (κ3) is 5.88. The number of hydrogen-bond donors (Lipinski definition) is 1. The Labute approximate surface area is 142 Å². The van der Waals surface area contributed by atoms with Crippen LogP contribution in [0.2, 0.25) is 0 Å². The summed E-state index contributed by atoms with van der Waals surface area (Å²) in [6.07, 6.45) is 5.38. The van der Waals surface area contributed by atoms with E-state index in [9.17, 15) is 4.79 Å². The second-order valence-electron chi connectivity index (χ2n) is 6.95. The summed E-state index contributed by atoms with van der Waals surface area (Å²) in [7, 11) is 4.01. The Balaban J connectivity index is 1.68. The smallest absolute Gasteiger partial charge is 0.224 e. The van der Waals surface area contributed by atoms with Crippen LogP contribution in [-0.2, 0) is 10.2 Å². The number of amides is 1. The maximum atomic E-state index is 12.0. The molecular weight excluding hydrogens is 310 g/mol. The van der Waals surface area contributed by atoms with E-state index >= 15 is 0 Å². The first kappa shape index (κ1) is 17.7. The topological polar surface area (TPSA) is 29.1 Å². The molecule has 2 rings (SSSR count). The van der Waals surface area contributed by atoms with E-state index in [0.29, 0.717) is 6.42 Å². The summed E-state index contributed by atoms with van der Waals surface area (Å²) in [5, 5.41) is 3.82. The highest BCUT2D eigenvalue weighted by Gasteiger charge is 2.16. The van der Waals surface area contributed by atoms with Crippen LogP contribution >= 0.6 is 21.6 Å². The zero-order valence-corrected chi connectivity index (χ0v) is 15.5. The van der Waals surface area contributed by atoms with Gasteiger partial charge in [-0.05, 0) is 42.4 Å². The van der Waals surface area contributed by atoms with Crippen LogP contribution in [0.3, 0.4) is 0 Å². The fourth-order valence-corrected chi connectivity index (χ4v) is 5.53. The molecule has 1 aliphatic rings. The lowest BCUT2D eigenvalue weighted by Gasteiger charge is -2.19. The Kier molecular flexibility index (Phi) is 6.69. The summed E-state index contributed by atoms with van der Waals surface area (Å²) in [6, 6.07) is 8.21. The van der Waals surface area contributed by atoms with Gasteiger partial charge in [-0.3, -0.25) is 4.79 Å². The number of carbonyl (C=O) groups excluding carboxylic acids is 1. The first-order valence-electron chi connectivity index (χ1n) is 8.14. The minimum atomic E-state index is 0.136. The minimum absolute atomic E-state index is 0.136. The van der Waals surface area contributed by atoms with Crippen molar-refractivity contribution in [1.29, 1.82) is 0 Å². The molecule has 122 valence electrons. The van der Waals surface area contributed by atoms with Crippen molar-refractivity contribution in [2.45, 2.75) is 63.5 Å². The van der Waals surface area contributed by atoms with Crippen LogP contribution in [0.25, 0.3) is 0 Å². The summed E-state index contributed by atoms with van der Waals surface area (Å²) >= 11 is 0. The van der Waals surface area contributed by atoms with Gasteiger partial charge in [0.05, 0.1) is 0 Å². The van der Waals surface area contributed by atoms with Crippen molar-refractivity contribution >= 4 is 33.2 Å². The first-order chi connectivity index (χ1) is 10.4. The number of rotatable bonds is 6. The van der Waals surface area contributed by atoms with Gasteiger partial charge in [-0.15, -0.1) is 0 Å². The molecule has 1 N–H and O–H groups in total. The maximum Gasteiger partial charge on any atom is 0.224 e. The van der Waals surface area contributed by atoms with Crippen LogP contribution in [0, 0.1) is 0 Å². The van der Waals surface area contributed by atoms with Crippen LogP contribution in [0.1, 0.15) is 58.4 Å². The molecule has 1 amide bonds. The number of benzene rings is 1. The van der Waals surface area contributed by atoms with Gasteiger partial charge in [-0.1, -0.05) is 60.9 Å². The SMILES string of the molecule is CC(C)(C)c1ccc(NC(=O)CCCCC2CCSS2)cc1. The van der Waals surface area contributed by atoms with Crippen LogP contribution in [0.5, 0.6) is 0 Å². The summed E-state index contributed by atoms with van der Waals surface area (Å²) < 4.78 is 0. The van der Waals surface area contributed by atoms with E-state index in [0.717, 1.165) is 23.8 Å².